The number of ether oxygens (including phenoxy) is 1. The SMILES string of the molecule is Cl.NC(C(=O)NCc1ccccc1OC1CCC1)c1ccccc1. The highest BCUT2D eigenvalue weighted by molar-refractivity contribution is 5.85. The second-order valence-corrected chi connectivity index (χ2v) is 5.88. The maximum absolute atomic E-state index is 12.2. The van der Waals surface area contributed by atoms with Gasteiger partial charge in [-0.05, 0) is 30.9 Å². The monoisotopic (exact) mass is 346 g/mol. The van der Waals surface area contributed by atoms with Gasteiger partial charge in [0.05, 0.1) is 6.10 Å². The zero-order valence-electron chi connectivity index (χ0n) is 13.5. The Balaban J connectivity index is 0.00000208. The summed E-state index contributed by atoms with van der Waals surface area (Å²) < 4.78 is 5.98. The van der Waals surface area contributed by atoms with E-state index in [-0.39, 0.29) is 18.3 Å². The number of amides is 1. The van der Waals surface area contributed by atoms with Gasteiger partial charge in [-0.1, -0.05) is 48.5 Å². The summed E-state index contributed by atoms with van der Waals surface area (Å²) in [5.41, 5.74) is 7.80. The molecule has 1 unspecified atom stereocenters. The number of para-hydroxylation sites is 1. The molecule has 0 bridgehead atoms. The fourth-order valence-electron chi connectivity index (χ4n) is 2.54. The number of hydrogen-bond donors (Lipinski definition) is 2. The summed E-state index contributed by atoms with van der Waals surface area (Å²) in [5, 5.41) is 2.90. The van der Waals surface area contributed by atoms with E-state index < -0.39 is 6.04 Å². The number of halogens is 1. The van der Waals surface area contributed by atoms with Crippen LogP contribution in [0.15, 0.2) is 54.6 Å². The molecule has 24 heavy (non-hydrogen) atoms. The van der Waals surface area contributed by atoms with Gasteiger partial charge in [-0.15, -0.1) is 12.4 Å². The smallest absolute Gasteiger partial charge is 0.241 e. The van der Waals surface area contributed by atoms with E-state index in [1.54, 1.807) is 0 Å². The maximum atomic E-state index is 12.2. The summed E-state index contributed by atoms with van der Waals surface area (Å²) in [6.07, 6.45) is 3.77. The van der Waals surface area contributed by atoms with Gasteiger partial charge in [0.1, 0.15) is 11.8 Å². The molecule has 1 fully saturated rings. The van der Waals surface area contributed by atoms with Crippen LogP contribution in [-0.4, -0.2) is 12.0 Å². The highest BCUT2D eigenvalue weighted by Crippen LogP contribution is 2.27. The first-order chi connectivity index (χ1) is 11.2. The summed E-state index contributed by atoms with van der Waals surface area (Å²) in [4.78, 5) is 12.2. The third-order valence-electron chi connectivity index (χ3n) is 4.21. The lowest BCUT2D eigenvalue weighted by Gasteiger charge is -2.27. The molecular formula is C19H23ClN2O2. The first kappa shape index (κ1) is 18.3. The first-order valence-corrected chi connectivity index (χ1v) is 8.07. The van der Waals surface area contributed by atoms with Crippen LogP contribution < -0.4 is 15.8 Å². The highest BCUT2D eigenvalue weighted by atomic mass is 35.5. The predicted molar refractivity (Wildman–Crippen MR) is 97.2 cm³/mol. The molecule has 1 amide bonds. The summed E-state index contributed by atoms with van der Waals surface area (Å²) in [6.45, 7) is 0.419. The number of carbonyl (C=O) groups excluding carboxylic acids is 1. The van der Waals surface area contributed by atoms with Crippen LogP contribution in [0.25, 0.3) is 0 Å². The Hall–Kier alpha value is -2.04. The van der Waals surface area contributed by atoms with Crippen molar-refractivity contribution < 1.29 is 9.53 Å². The Kier molecular flexibility index (Phi) is 6.64. The molecule has 5 heteroatoms. The Labute approximate surface area is 148 Å². The zero-order valence-corrected chi connectivity index (χ0v) is 14.3. The van der Waals surface area contributed by atoms with Crippen molar-refractivity contribution in [1.29, 1.82) is 0 Å². The van der Waals surface area contributed by atoms with Crippen molar-refractivity contribution >= 4 is 18.3 Å². The Morgan fingerprint density at radius 3 is 2.46 bits per heavy atom. The molecule has 1 aliphatic rings. The van der Waals surface area contributed by atoms with Crippen molar-refractivity contribution in [2.75, 3.05) is 0 Å². The second-order valence-electron chi connectivity index (χ2n) is 5.88. The van der Waals surface area contributed by atoms with Gasteiger partial charge in [-0.3, -0.25) is 4.79 Å². The molecule has 0 spiro atoms. The number of nitrogens with two attached hydrogens (primary N) is 1. The van der Waals surface area contributed by atoms with Gasteiger partial charge in [0.25, 0.3) is 0 Å². The minimum absolute atomic E-state index is 0. The molecule has 2 aromatic carbocycles. The molecule has 0 aliphatic heterocycles. The summed E-state index contributed by atoms with van der Waals surface area (Å²) in [7, 11) is 0. The molecule has 3 rings (SSSR count). The molecule has 0 aromatic heterocycles. The van der Waals surface area contributed by atoms with E-state index in [4.69, 9.17) is 10.5 Å². The Morgan fingerprint density at radius 1 is 1.12 bits per heavy atom. The van der Waals surface area contributed by atoms with Crippen molar-refractivity contribution in [3.63, 3.8) is 0 Å². The van der Waals surface area contributed by atoms with Crippen LogP contribution in [0.3, 0.4) is 0 Å². The Bertz CT molecular complexity index is 659. The first-order valence-electron chi connectivity index (χ1n) is 8.07. The average molecular weight is 347 g/mol. The van der Waals surface area contributed by atoms with E-state index in [1.165, 1.54) is 6.42 Å². The van der Waals surface area contributed by atoms with Gasteiger partial charge in [-0.2, -0.15) is 0 Å². The van der Waals surface area contributed by atoms with Gasteiger partial charge in [0.2, 0.25) is 5.91 Å². The average Bonchev–Trinajstić information content (AvgIpc) is 2.57. The molecule has 0 saturated heterocycles. The molecule has 4 nitrogen and oxygen atoms in total. The third kappa shape index (κ3) is 4.49. The van der Waals surface area contributed by atoms with Crippen molar-refractivity contribution in [3.8, 4) is 5.75 Å². The minimum Gasteiger partial charge on any atom is -0.490 e. The fraction of sp³-hybridized carbons (Fsp3) is 0.316. The Morgan fingerprint density at radius 2 is 1.79 bits per heavy atom. The second kappa shape index (κ2) is 8.71. The van der Waals surface area contributed by atoms with E-state index in [2.05, 4.69) is 5.32 Å². The molecule has 0 heterocycles. The van der Waals surface area contributed by atoms with Gasteiger partial charge >= 0.3 is 0 Å². The molecule has 2 aromatic rings. The van der Waals surface area contributed by atoms with Crippen molar-refractivity contribution in [3.05, 3.63) is 65.7 Å². The van der Waals surface area contributed by atoms with Crippen LogP contribution in [0.5, 0.6) is 5.75 Å². The molecule has 3 N–H and O–H groups in total. The lowest BCUT2D eigenvalue weighted by Crippen LogP contribution is -2.34. The lowest BCUT2D eigenvalue weighted by molar-refractivity contribution is -0.122. The number of rotatable bonds is 6. The molecule has 0 radical (unpaired) electrons. The molecule has 128 valence electrons. The number of benzene rings is 2. The van der Waals surface area contributed by atoms with E-state index in [0.29, 0.717) is 12.6 Å². The maximum Gasteiger partial charge on any atom is 0.241 e. The normalized spacial score (nSPS) is 14.9. The van der Waals surface area contributed by atoms with E-state index in [1.807, 2.05) is 54.6 Å². The summed E-state index contributed by atoms with van der Waals surface area (Å²) in [6, 6.07) is 16.6. The number of nitrogens with one attached hydrogen (secondary N) is 1. The van der Waals surface area contributed by atoms with Crippen molar-refractivity contribution in [2.24, 2.45) is 5.73 Å². The van der Waals surface area contributed by atoms with E-state index in [9.17, 15) is 4.79 Å². The third-order valence-corrected chi connectivity index (χ3v) is 4.21. The van der Waals surface area contributed by atoms with E-state index in [0.717, 1.165) is 29.7 Å². The topological polar surface area (TPSA) is 64.4 Å². The molecule has 1 aliphatic carbocycles. The summed E-state index contributed by atoms with van der Waals surface area (Å²) >= 11 is 0. The van der Waals surface area contributed by atoms with Crippen LogP contribution in [0.4, 0.5) is 0 Å². The fourth-order valence-corrected chi connectivity index (χ4v) is 2.54. The lowest BCUT2D eigenvalue weighted by atomic mass is 9.96. The number of carbonyl (C=O) groups is 1. The largest absolute Gasteiger partial charge is 0.490 e. The van der Waals surface area contributed by atoms with Gasteiger partial charge < -0.3 is 15.8 Å². The van der Waals surface area contributed by atoms with Gasteiger partial charge in [0.15, 0.2) is 0 Å². The predicted octanol–water partition coefficient (Wildman–Crippen LogP) is 3.36. The molecule has 1 atom stereocenters. The van der Waals surface area contributed by atoms with Gasteiger partial charge in [0, 0.05) is 12.1 Å². The molecular weight excluding hydrogens is 324 g/mol. The van der Waals surface area contributed by atoms with Crippen LogP contribution in [0, 0.1) is 0 Å². The van der Waals surface area contributed by atoms with Crippen LogP contribution in [-0.2, 0) is 11.3 Å². The van der Waals surface area contributed by atoms with E-state index >= 15 is 0 Å². The highest BCUT2D eigenvalue weighted by Gasteiger charge is 2.20. The van der Waals surface area contributed by atoms with Crippen LogP contribution in [0.2, 0.25) is 0 Å². The number of hydrogen-bond acceptors (Lipinski definition) is 3. The quantitative estimate of drug-likeness (QED) is 0.843. The zero-order chi connectivity index (χ0) is 16.1. The van der Waals surface area contributed by atoms with Crippen molar-refractivity contribution in [1.82, 2.24) is 5.32 Å². The van der Waals surface area contributed by atoms with Gasteiger partial charge in [-0.25, -0.2) is 0 Å². The summed E-state index contributed by atoms with van der Waals surface area (Å²) in [5.74, 6) is 0.667. The standard InChI is InChI=1S/C19H22N2O2.ClH/c20-18(14-7-2-1-3-8-14)19(22)21-13-15-9-4-5-12-17(15)23-16-10-6-11-16;/h1-5,7-9,12,16,18H,6,10-11,13,20H2,(H,21,22);1H. The van der Waals surface area contributed by atoms with Crippen LogP contribution >= 0.6 is 12.4 Å². The van der Waals surface area contributed by atoms with Crippen LogP contribution in [0.1, 0.15) is 36.4 Å². The molecule has 1 saturated carbocycles. The van der Waals surface area contributed by atoms with Crippen molar-refractivity contribution in [2.45, 2.75) is 38.0 Å². The minimum atomic E-state index is -0.657.